The Hall–Kier alpha value is -0.830. The Kier molecular flexibility index (Phi) is 4.58. The van der Waals surface area contributed by atoms with Gasteiger partial charge in [0.05, 0.1) is 0 Å². The van der Waals surface area contributed by atoms with Crippen molar-refractivity contribution in [3.63, 3.8) is 0 Å². The van der Waals surface area contributed by atoms with Gasteiger partial charge in [-0.15, -0.1) is 0 Å². The summed E-state index contributed by atoms with van der Waals surface area (Å²) in [5.74, 6) is -0.822. The summed E-state index contributed by atoms with van der Waals surface area (Å²) in [7, 11) is 0. The minimum atomic E-state index is -0.593. The minimum Gasteiger partial charge on any atom is -0.433 e. The van der Waals surface area contributed by atoms with Gasteiger partial charge in [0, 0.05) is 5.54 Å². The van der Waals surface area contributed by atoms with Gasteiger partial charge in [-0.1, -0.05) is 11.6 Å². The Morgan fingerprint density at radius 1 is 1.60 bits per heavy atom. The summed E-state index contributed by atoms with van der Waals surface area (Å²) < 4.78 is 4.33. The Morgan fingerprint density at radius 3 is 2.60 bits per heavy atom. The maximum atomic E-state index is 10.5. The Balaban J connectivity index is 3.54. The third-order valence-electron chi connectivity index (χ3n) is 0.644. The van der Waals surface area contributed by atoms with Crippen LogP contribution in [0.4, 0.5) is 0 Å². The summed E-state index contributed by atoms with van der Waals surface area (Å²) in [4.78, 5) is 20.7. The van der Waals surface area contributed by atoms with E-state index < -0.39 is 5.97 Å². The van der Waals surface area contributed by atoms with Crippen LogP contribution in [-0.2, 0) is 14.3 Å². The number of halogens is 1. The van der Waals surface area contributed by atoms with E-state index in [1.165, 1.54) is 6.92 Å². The number of rotatable bonds is 3. The second kappa shape index (κ2) is 4.99. The standard InChI is InChI=1S/C6H7ClO3/c1-5(8)4-6(9)10-3-2-7/h2-3H,4H2,1H3. The van der Waals surface area contributed by atoms with Gasteiger partial charge < -0.3 is 4.74 Å². The molecule has 4 heteroatoms. The van der Waals surface area contributed by atoms with E-state index in [2.05, 4.69) is 4.74 Å². The summed E-state index contributed by atoms with van der Waals surface area (Å²) in [5, 5.41) is 0. The lowest BCUT2D eigenvalue weighted by atomic mass is 10.3. The molecule has 0 radical (unpaired) electrons. The van der Waals surface area contributed by atoms with Crippen LogP contribution in [0, 0.1) is 0 Å². The van der Waals surface area contributed by atoms with Crippen LogP contribution < -0.4 is 0 Å². The first-order valence-electron chi connectivity index (χ1n) is 2.61. The van der Waals surface area contributed by atoms with Crippen molar-refractivity contribution in [2.75, 3.05) is 0 Å². The van der Waals surface area contributed by atoms with Crippen molar-refractivity contribution in [2.45, 2.75) is 13.3 Å². The number of ketones is 1. The van der Waals surface area contributed by atoms with Crippen LogP contribution in [0.3, 0.4) is 0 Å². The highest BCUT2D eigenvalue weighted by molar-refractivity contribution is 6.25. The molecular formula is C6H7ClO3. The lowest BCUT2D eigenvalue weighted by Crippen LogP contribution is -2.04. The lowest BCUT2D eigenvalue weighted by molar-refractivity contribution is -0.140. The molecule has 0 aliphatic rings. The molecule has 0 saturated heterocycles. The molecule has 0 aliphatic heterocycles. The maximum absolute atomic E-state index is 10.5. The number of carbonyl (C=O) groups is 2. The second-order valence-corrected chi connectivity index (χ2v) is 1.88. The molecule has 0 saturated carbocycles. The number of hydrogen-bond donors (Lipinski definition) is 0. The third-order valence-corrected chi connectivity index (χ3v) is 0.747. The lowest BCUT2D eigenvalue weighted by Gasteiger charge is -1.92. The summed E-state index contributed by atoms with van der Waals surface area (Å²) in [6, 6.07) is 0. The highest BCUT2D eigenvalue weighted by Gasteiger charge is 2.03. The molecule has 0 amide bonds. The zero-order valence-corrected chi connectivity index (χ0v) is 6.22. The third kappa shape index (κ3) is 5.31. The van der Waals surface area contributed by atoms with Crippen LogP contribution in [0.15, 0.2) is 11.8 Å². The van der Waals surface area contributed by atoms with Gasteiger partial charge in [-0.3, -0.25) is 9.59 Å². The summed E-state index contributed by atoms with van der Waals surface area (Å²) in [6.45, 7) is 1.31. The van der Waals surface area contributed by atoms with Crippen LogP contribution in [0.5, 0.6) is 0 Å². The molecule has 0 aromatic heterocycles. The van der Waals surface area contributed by atoms with Gasteiger partial charge in [0.15, 0.2) is 0 Å². The van der Waals surface area contributed by atoms with Crippen LogP contribution in [-0.4, -0.2) is 11.8 Å². The number of hydrogen-bond acceptors (Lipinski definition) is 3. The molecule has 0 spiro atoms. The number of carbonyl (C=O) groups excluding carboxylic acids is 2. The highest BCUT2D eigenvalue weighted by Crippen LogP contribution is 1.89. The molecular weight excluding hydrogens is 156 g/mol. The van der Waals surface area contributed by atoms with E-state index >= 15 is 0 Å². The smallest absolute Gasteiger partial charge is 0.318 e. The summed E-state index contributed by atoms with van der Waals surface area (Å²) in [5.41, 5.74) is 1.05. The van der Waals surface area contributed by atoms with E-state index in [0.717, 1.165) is 11.8 Å². The zero-order chi connectivity index (χ0) is 7.98. The van der Waals surface area contributed by atoms with Gasteiger partial charge in [-0.05, 0) is 6.92 Å². The molecule has 0 aromatic rings. The average molecular weight is 163 g/mol. The first-order chi connectivity index (χ1) is 4.66. The van der Waals surface area contributed by atoms with Crippen LogP contribution in [0.1, 0.15) is 13.3 Å². The van der Waals surface area contributed by atoms with Crippen molar-refractivity contribution in [3.8, 4) is 0 Å². The monoisotopic (exact) mass is 162 g/mol. The molecule has 0 aromatic carbocycles. The fourth-order valence-corrected chi connectivity index (χ4v) is 0.398. The van der Waals surface area contributed by atoms with E-state index in [1.54, 1.807) is 0 Å². The van der Waals surface area contributed by atoms with E-state index in [9.17, 15) is 9.59 Å². The zero-order valence-electron chi connectivity index (χ0n) is 5.46. The molecule has 0 rings (SSSR count). The second-order valence-electron chi connectivity index (χ2n) is 1.63. The van der Waals surface area contributed by atoms with Crippen LogP contribution in [0.25, 0.3) is 0 Å². The first-order valence-corrected chi connectivity index (χ1v) is 3.04. The molecule has 10 heavy (non-hydrogen) atoms. The van der Waals surface area contributed by atoms with E-state index in [4.69, 9.17) is 11.6 Å². The average Bonchev–Trinajstić information content (AvgIpc) is 1.82. The fourth-order valence-electron chi connectivity index (χ4n) is 0.347. The molecule has 56 valence electrons. The molecule has 0 aliphatic carbocycles. The maximum Gasteiger partial charge on any atom is 0.318 e. The highest BCUT2D eigenvalue weighted by atomic mass is 35.5. The number of ether oxygens (including phenoxy) is 1. The van der Waals surface area contributed by atoms with Crippen molar-refractivity contribution >= 4 is 23.4 Å². The van der Waals surface area contributed by atoms with Crippen LogP contribution in [0.2, 0.25) is 0 Å². The van der Waals surface area contributed by atoms with Gasteiger partial charge >= 0.3 is 5.97 Å². The molecule has 0 unspecified atom stereocenters. The predicted molar refractivity (Wildman–Crippen MR) is 36.4 cm³/mol. The minimum absolute atomic E-state index is 0.207. The molecule has 0 N–H and O–H groups in total. The predicted octanol–water partition coefficient (Wildman–Crippen LogP) is 1.22. The summed E-state index contributed by atoms with van der Waals surface area (Å²) >= 11 is 5.04. The van der Waals surface area contributed by atoms with Crippen molar-refractivity contribution in [1.29, 1.82) is 0 Å². The topological polar surface area (TPSA) is 43.4 Å². The Labute approximate surface area is 63.6 Å². The van der Waals surface area contributed by atoms with E-state index in [1.807, 2.05) is 0 Å². The van der Waals surface area contributed by atoms with E-state index in [0.29, 0.717) is 0 Å². The number of esters is 1. The van der Waals surface area contributed by atoms with Crippen LogP contribution >= 0.6 is 11.6 Å². The van der Waals surface area contributed by atoms with Crippen molar-refractivity contribution in [1.82, 2.24) is 0 Å². The molecule has 3 nitrogen and oxygen atoms in total. The quantitative estimate of drug-likeness (QED) is 0.356. The van der Waals surface area contributed by atoms with Gasteiger partial charge in [0.25, 0.3) is 0 Å². The first kappa shape index (κ1) is 9.17. The Bertz CT molecular complexity index is 162. The molecule has 0 bridgehead atoms. The molecule has 0 fully saturated rings. The SMILES string of the molecule is CC(=O)CC(=O)OC=CCl. The Morgan fingerprint density at radius 2 is 2.20 bits per heavy atom. The largest absolute Gasteiger partial charge is 0.433 e. The normalized spacial score (nSPS) is 9.80. The molecule has 0 atom stereocenters. The van der Waals surface area contributed by atoms with Crippen molar-refractivity contribution in [3.05, 3.63) is 11.8 Å². The van der Waals surface area contributed by atoms with Gasteiger partial charge in [0.1, 0.15) is 18.5 Å². The van der Waals surface area contributed by atoms with Gasteiger partial charge in [0.2, 0.25) is 0 Å². The van der Waals surface area contributed by atoms with Crippen molar-refractivity contribution < 1.29 is 14.3 Å². The van der Waals surface area contributed by atoms with Gasteiger partial charge in [-0.25, -0.2) is 0 Å². The fraction of sp³-hybridized carbons (Fsp3) is 0.333. The van der Waals surface area contributed by atoms with Gasteiger partial charge in [-0.2, -0.15) is 0 Å². The number of Topliss-reactive ketones (excluding diaryl/α,β-unsaturated/α-hetero) is 1. The van der Waals surface area contributed by atoms with Crippen molar-refractivity contribution in [2.24, 2.45) is 0 Å². The summed E-state index contributed by atoms with van der Waals surface area (Å²) in [6.07, 6.45) is 0.814. The van der Waals surface area contributed by atoms with E-state index in [-0.39, 0.29) is 12.2 Å². The molecule has 0 heterocycles.